The van der Waals surface area contributed by atoms with E-state index >= 15 is 0 Å². The predicted molar refractivity (Wildman–Crippen MR) is 19.0 cm³/mol. The molecule has 0 rings (SSSR count). The van der Waals surface area contributed by atoms with Crippen molar-refractivity contribution in [3.63, 3.8) is 0 Å². The van der Waals surface area contributed by atoms with Crippen LogP contribution in [-0.2, 0) is 12.6 Å². The molecule has 0 aliphatic rings. The smallest absolute Gasteiger partial charge is 1.00 e. The maximum absolute atomic E-state index is 7.13. The van der Waals surface area contributed by atoms with Crippen LogP contribution in [0.4, 0.5) is 0 Å². The van der Waals surface area contributed by atoms with Crippen LogP contribution in [0.1, 0.15) is 0 Å². The van der Waals surface area contributed by atoms with Gasteiger partial charge in [0, 0.05) is 0 Å². The third-order valence-electron chi connectivity index (χ3n) is 0. The SMILES string of the molecule is N#C[S-].[Cl-].[NH4+].[Na+]. The summed E-state index contributed by atoms with van der Waals surface area (Å²) in [6.45, 7) is 0. The van der Waals surface area contributed by atoms with E-state index in [1.165, 1.54) is 5.40 Å². The first-order chi connectivity index (χ1) is 1.41. The topological polar surface area (TPSA) is 60.3 Å². The Morgan fingerprint density at radius 1 is 1.50 bits per heavy atom. The predicted octanol–water partition coefficient (Wildman–Crippen LogP) is -5.60. The standard InChI is InChI=1S/CHNS.ClH.H3N.Na/c2-1-3;;;/h3H;1H;1H3;/q;;;+1/p-1. The van der Waals surface area contributed by atoms with Gasteiger partial charge in [-0.05, 0) is 0 Å². The molecule has 4 N–H and O–H groups in total. The number of nitriles is 1. The maximum Gasteiger partial charge on any atom is 1.00 e. The molecule has 0 saturated heterocycles. The fourth-order valence-corrected chi connectivity index (χ4v) is 0. The van der Waals surface area contributed by atoms with E-state index in [9.17, 15) is 0 Å². The van der Waals surface area contributed by atoms with E-state index in [4.69, 9.17) is 5.26 Å². The van der Waals surface area contributed by atoms with Crippen molar-refractivity contribution in [3.8, 4) is 5.40 Å². The second-order valence-electron chi connectivity index (χ2n) is 0.0913. The molecule has 32 valence electrons. The third kappa shape index (κ3) is 84.4. The van der Waals surface area contributed by atoms with E-state index in [0.717, 1.165) is 0 Å². The summed E-state index contributed by atoms with van der Waals surface area (Å²) in [6, 6.07) is 0. The molecule has 0 unspecified atom stereocenters. The van der Waals surface area contributed by atoms with Crippen molar-refractivity contribution in [2.24, 2.45) is 0 Å². The molecule has 0 saturated carbocycles. The minimum absolute atomic E-state index is 0. The number of quaternary nitrogens is 1. The Kier molecular flexibility index (Phi) is 180. The van der Waals surface area contributed by atoms with Crippen LogP contribution in [0.15, 0.2) is 0 Å². The number of thiocyanates is 1. The number of nitrogens with zero attached hydrogens (tertiary/aromatic N) is 1. The normalized spacial score (nSPS) is 1.17. The first kappa shape index (κ1) is 28.2. The number of halogens is 1. The van der Waals surface area contributed by atoms with Gasteiger partial charge in [-0.1, -0.05) is 5.40 Å². The zero-order valence-electron chi connectivity index (χ0n) is 3.73. The van der Waals surface area contributed by atoms with Crippen molar-refractivity contribution in [3.05, 3.63) is 0 Å². The van der Waals surface area contributed by atoms with Crippen LogP contribution >= 0.6 is 0 Å². The van der Waals surface area contributed by atoms with E-state index in [1.54, 1.807) is 0 Å². The van der Waals surface area contributed by atoms with Crippen molar-refractivity contribution in [2.75, 3.05) is 0 Å². The molecule has 0 aromatic carbocycles. The average Bonchev–Trinajstić information content (AvgIpc) is 0.918. The molecule has 6 heavy (non-hydrogen) atoms. The Morgan fingerprint density at radius 2 is 1.50 bits per heavy atom. The Morgan fingerprint density at radius 3 is 1.50 bits per heavy atom. The Labute approximate surface area is 71.0 Å². The Balaban J connectivity index is -0.00000000667. The van der Waals surface area contributed by atoms with Crippen LogP contribution < -0.4 is 48.1 Å². The van der Waals surface area contributed by atoms with E-state index in [1.807, 2.05) is 0 Å². The van der Waals surface area contributed by atoms with Crippen LogP contribution in [0.5, 0.6) is 0 Å². The van der Waals surface area contributed by atoms with E-state index in [-0.39, 0.29) is 48.1 Å². The number of hydrogen-bond acceptors (Lipinski definition) is 2. The summed E-state index contributed by atoms with van der Waals surface area (Å²) >= 11 is 3.70. The van der Waals surface area contributed by atoms with Gasteiger partial charge in [0.25, 0.3) is 0 Å². The molecule has 0 bridgehead atoms. The average molecular weight is 135 g/mol. The molecule has 0 fully saturated rings. The fraction of sp³-hybridized carbons (Fsp3) is 0. The summed E-state index contributed by atoms with van der Waals surface area (Å²) in [5.74, 6) is 0. The summed E-state index contributed by atoms with van der Waals surface area (Å²) < 4.78 is 0. The van der Waals surface area contributed by atoms with Crippen LogP contribution in [0.3, 0.4) is 0 Å². The van der Waals surface area contributed by atoms with Crippen molar-refractivity contribution in [1.29, 1.82) is 5.26 Å². The summed E-state index contributed by atoms with van der Waals surface area (Å²) in [5, 5.41) is 8.47. The molecule has 0 aliphatic heterocycles. The monoisotopic (exact) mass is 134 g/mol. The molecule has 0 amide bonds. The molecule has 0 heterocycles. The van der Waals surface area contributed by atoms with Crippen molar-refractivity contribution in [1.82, 2.24) is 6.15 Å². The number of hydrogen-bond donors (Lipinski definition) is 1. The van der Waals surface area contributed by atoms with Gasteiger partial charge in [0.15, 0.2) is 0 Å². The van der Waals surface area contributed by atoms with Crippen LogP contribution in [0.2, 0.25) is 0 Å². The summed E-state index contributed by atoms with van der Waals surface area (Å²) in [6.07, 6.45) is 0. The van der Waals surface area contributed by atoms with Crippen LogP contribution in [-0.4, -0.2) is 0 Å². The Hall–Kier alpha value is 0.960. The maximum atomic E-state index is 7.13. The molecule has 0 radical (unpaired) electrons. The van der Waals surface area contributed by atoms with Crippen molar-refractivity contribution >= 4 is 12.6 Å². The van der Waals surface area contributed by atoms with Crippen LogP contribution in [0.25, 0.3) is 0 Å². The minimum Gasteiger partial charge on any atom is -1.00 e. The molecule has 0 aromatic rings. The van der Waals surface area contributed by atoms with E-state index < -0.39 is 0 Å². The van der Waals surface area contributed by atoms with Crippen molar-refractivity contribution in [2.45, 2.75) is 0 Å². The molecule has 0 aliphatic carbocycles. The van der Waals surface area contributed by atoms with Crippen molar-refractivity contribution < 1.29 is 42.0 Å². The summed E-state index contributed by atoms with van der Waals surface area (Å²) in [4.78, 5) is 0. The summed E-state index contributed by atoms with van der Waals surface area (Å²) in [7, 11) is 0. The van der Waals surface area contributed by atoms with Gasteiger partial charge in [0.1, 0.15) is 0 Å². The largest absolute Gasteiger partial charge is 1.00 e. The zero-order chi connectivity index (χ0) is 2.71. The zero-order valence-corrected chi connectivity index (χ0v) is 7.31. The fourth-order valence-electron chi connectivity index (χ4n) is 0. The molecule has 5 heteroatoms. The van der Waals surface area contributed by atoms with Gasteiger partial charge in [0.05, 0.1) is 0 Å². The molecular formula is CH4ClN2NaS. The van der Waals surface area contributed by atoms with Gasteiger partial charge < -0.3 is 31.2 Å². The summed E-state index contributed by atoms with van der Waals surface area (Å²) in [5.41, 5.74) is 0. The third-order valence-corrected chi connectivity index (χ3v) is 0. The first-order valence-corrected chi connectivity index (χ1v) is 0.836. The van der Waals surface area contributed by atoms with Gasteiger partial charge in [-0.2, -0.15) is 0 Å². The van der Waals surface area contributed by atoms with Gasteiger partial charge in [-0.3, -0.25) is 0 Å². The molecule has 0 atom stereocenters. The minimum atomic E-state index is 0. The second-order valence-corrected chi connectivity index (χ2v) is 0.274. The second kappa shape index (κ2) is 38.2. The van der Waals surface area contributed by atoms with Gasteiger partial charge >= 0.3 is 29.6 Å². The quantitative estimate of drug-likeness (QED) is 0.204. The molecule has 0 aromatic heterocycles. The first-order valence-electron chi connectivity index (χ1n) is 0.428. The Bertz CT molecular complexity index is 35.0. The number of rotatable bonds is 0. The van der Waals surface area contributed by atoms with Gasteiger partial charge in [-0.25, -0.2) is 5.26 Å². The van der Waals surface area contributed by atoms with Gasteiger partial charge in [0.2, 0.25) is 0 Å². The van der Waals surface area contributed by atoms with E-state index in [0.29, 0.717) is 0 Å². The van der Waals surface area contributed by atoms with Gasteiger partial charge in [-0.15, -0.1) is 0 Å². The molecule has 2 nitrogen and oxygen atoms in total. The molecular weight excluding hydrogens is 131 g/mol. The molecule has 0 spiro atoms. The van der Waals surface area contributed by atoms with Crippen LogP contribution in [0, 0.1) is 10.7 Å². The van der Waals surface area contributed by atoms with E-state index in [2.05, 4.69) is 12.6 Å².